The molecule has 0 N–H and O–H groups in total. The number of thiophene rings is 1. The first-order valence-electron chi connectivity index (χ1n) is 8.53. The highest BCUT2D eigenvalue weighted by Gasteiger charge is 2.26. The van der Waals surface area contributed by atoms with Crippen LogP contribution in [0.2, 0.25) is 0 Å². The highest BCUT2D eigenvalue weighted by Crippen LogP contribution is 2.31. The highest BCUT2D eigenvalue weighted by molar-refractivity contribution is 7.14. The van der Waals surface area contributed by atoms with Crippen molar-refractivity contribution in [1.29, 1.82) is 0 Å². The molecule has 1 saturated heterocycles. The van der Waals surface area contributed by atoms with E-state index < -0.39 is 0 Å². The lowest BCUT2D eigenvalue weighted by Gasteiger charge is -2.36. The minimum atomic E-state index is 0. The standard InChI is InChI=1S/C19H31NOS.ClH/c1-13-9-14(2)11-20(10-13)12-15(3)18(21)16-7-8-17(22-16)19(4,5)6;/h7-8,13-15H,9-12H2,1-6H3;1H. The van der Waals surface area contributed by atoms with E-state index in [0.717, 1.165) is 36.3 Å². The van der Waals surface area contributed by atoms with Crippen molar-refractivity contribution in [2.45, 2.75) is 53.4 Å². The fourth-order valence-corrected chi connectivity index (χ4v) is 4.64. The first kappa shape index (κ1) is 20.7. The summed E-state index contributed by atoms with van der Waals surface area (Å²) in [6, 6.07) is 4.14. The van der Waals surface area contributed by atoms with Crippen LogP contribution in [0.5, 0.6) is 0 Å². The first-order valence-corrected chi connectivity index (χ1v) is 9.35. The number of likely N-dealkylation sites (tertiary alicyclic amines) is 1. The van der Waals surface area contributed by atoms with Crippen LogP contribution in [0.15, 0.2) is 12.1 Å². The summed E-state index contributed by atoms with van der Waals surface area (Å²) < 4.78 is 0. The summed E-state index contributed by atoms with van der Waals surface area (Å²) in [4.78, 5) is 17.4. The molecule has 0 saturated carbocycles. The average Bonchev–Trinajstić information content (AvgIpc) is 2.85. The third-order valence-corrected chi connectivity index (χ3v) is 6.04. The van der Waals surface area contributed by atoms with Gasteiger partial charge in [-0.3, -0.25) is 4.79 Å². The van der Waals surface area contributed by atoms with Crippen LogP contribution in [-0.2, 0) is 5.41 Å². The Balaban J connectivity index is 0.00000264. The zero-order valence-electron chi connectivity index (χ0n) is 15.4. The van der Waals surface area contributed by atoms with Gasteiger partial charge in [-0.25, -0.2) is 0 Å². The molecule has 2 nitrogen and oxygen atoms in total. The van der Waals surface area contributed by atoms with Crippen LogP contribution in [0.1, 0.15) is 62.5 Å². The van der Waals surface area contributed by atoms with Gasteiger partial charge in [0.2, 0.25) is 0 Å². The summed E-state index contributed by atoms with van der Waals surface area (Å²) in [6.07, 6.45) is 1.32. The molecule has 1 aromatic rings. The molecular weight excluding hydrogens is 326 g/mol. The Labute approximate surface area is 152 Å². The van der Waals surface area contributed by atoms with Crippen molar-refractivity contribution in [3.8, 4) is 0 Å². The summed E-state index contributed by atoms with van der Waals surface area (Å²) >= 11 is 1.67. The van der Waals surface area contributed by atoms with Crippen molar-refractivity contribution < 1.29 is 4.79 Å². The van der Waals surface area contributed by atoms with Gasteiger partial charge < -0.3 is 4.90 Å². The molecule has 1 aliphatic rings. The van der Waals surface area contributed by atoms with Crippen molar-refractivity contribution in [1.82, 2.24) is 4.90 Å². The summed E-state index contributed by atoms with van der Waals surface area (Å²) in [5, 5.41) is 0. The predicted octanol–water partition coefficient (Wildman–Crippen LogP) is 5.26. The summed E-state index contributed by atoms with van der Waals surface area (Å²) in [5.74, 6) is 1.90. The van der Waals surface area contributed by atoms with Crippen LogP contribution in [-0.4, -0.2) is 30.3 Å². The molecule has 4 heteroatoms. The smallest absolute Gasteiger partial charge is 0.176 e. The Morgan fingerprint density at radius 2 is 1.83 bits per heavy atom. The van der Waals surface area contributed by atoms with E-state index in [9.17, 15) is 4.79 Å². The van der Waals surface area contributed by atoms with Gasteiger partial charge >= 0.3 is 0 Å². The van der Waals surface area contributed by atoms with E-state index in [0.29, 0.717) is 5.78 Å². The van der Waals surface area contributed by atoms with Crippen molar-refractivity contribution in [2.75, 3.05) is 19.6 Å². The van der Waals surface area contributed by atoms with Crippen LogP contribution in [0, 0.1) is 17.8 Å². The molecule has 0 spiro atoms. The molecular formula is C19H32ClNOS. The molecule has 0 radical (unpaired) electrons. The number of Topliss-reactive ketones (excluding diaryl/α,β-unsaturated/α-hetero) is 1. The number of hydrogen-bond donors (Lipinski definition) is 0. The maximum absolute atomic E-state index is 12.7. The lowest BCUT2D eigenvalue weighted by Crippen LogP contribution is -2.42. The van der Waals surface area contributed by atoms with E-state index in [1.165, 1.54) is 11.3 Å². The molecule has 0 aromatic carbocycles. The number of hydrogen-bond acceptors (Lipinski definition) is 3. The molecule has 132 valence electrons. The number of carbonyl (C=O) groups is 1. The van der Waals surface area contributed by atoms with Gasteiger partial charge in [-0.2, -0.15) is 0 Å². The largest absolute Gasteiger partial charge is 0.302 e. The van der Waals surface area contributed by atoms with E-state index in [1.807, 2.05) is 6.07 Å². The SMILES string of the molecule is CC1CC(C)CN(CC(C)C(=O)c2ccc(C(C)(C)C)s2)C1.Cl. The van der Waals surface area contributed by atoms with Gasteiger partial charge in [0.1, 0.15) is 0 Å². The lowest BCUT2D eigenvalue weighted by molar-refractivity contribution is 0.0832. The van der Waals surface area contributed by atoms with E-state index in [1.54, 1.807) is 11.3 Å². The first-order chi connectivity index (χ1) is 10.2. The monoisotopic (exact) mass is 357 g/mol. The Kier molecular flexibility index (Phi) is 7.31. The molecule has 23 heavy (non-hydrogen) atoms. The molecule has 3 atom stereocenters. The topological polar surface area (TPSA) is 20.3 Å². The number of piperidine rings is 1. The molecule has 1 aromatic heterocycles. The number of ketones is 1. The fourth-order valence-electron chi connectivity index (χ4n) is 3.53. The van der Waals surface area contributed by atoms with Gasteiger partial charge in [-0.15, -0.1) is 23.7 Å². The molecule has 1 fully saturated rings. The van der Waals surface area contributed by atoms with E-state index in [4.69, 9.17) is 0 Å². The summed E-state index contributed by atoms with van der Waals surface area (Å²) in [7, 11) is 0. The number of carbonyl (C=O) groups excluding carboxylic acids is 1. The summed E-state index contributed by atoms with van der Waals surface area (Å²) in [6.45, 7) is 16.5. The predicted molar refractivity (Wildman–Crippen MR) is 103 cm³/mol. The Morgan fingerprint density at radius 1 is 1.26 bits per heavy atom. The Morgan fingerprint density at radius 3 is 2.30 bits per heavy atom. The van der Waals surface area contributed by atoms with Crippen molar-refractivity contribution in [3.63, 3.8) is 0 Å². The van der Waals surface area contributed by atoms with E-state index >= 15 is 0 Å². The van der Waals surface area contributed by atoms with Gasteiger partial charge in [0, 0.05) is 30.4 Å². The normalized spacial score (nSPS) is 24.1. The molecule has 2 rings (SSSR count). The number of halogens is 1. The second-order valence-electron chi connectivity index (χ2n) is 8.34. The zero-order chi connectivity index (χ0) is 16.5. The van der Waals surface area contributed by atoms with Crippen molar-refractivity contribution in [2.24, 2.45) is 17.8 Å². The Hall–Kier alpha value is -0.380. The molecule has 3 unspecified atom stereocenters. The van der Waals surface area contributed by atoms with Gasteiger partial charge in [-0.05, 0) is 35.8 Å². The quantitative estimate of drug-likeness (QED) is 0.684. The number of rotatable bonds is 4. The van der Waals surface area contributed by atoms with Crippen LogP contribution in [0.25, 0.3) is 0 Å². The second kappa shape index (κ2) is 8.13. The second-order valence-corrected chi connectivity index (χ2v) is 9.43. The number of nitrogens with zero attached hydrogens (tertiary/aromatic N) is 1. The average molecular weight is 358 g/mol. The third kappa shape index (κ3) is 5.58. The Bertz CT molecular complexity index is 510. The third-order valence-electron chi connectivity index (χ3n) is 4.51. The molecule has 0 bridgehead atoms. The zero-order valence-corrected chi connectivity index (χ0v) is 17.0. The maximum Gasteiger partial charge on any atom is 0.176 e. The fraction of sp³-hybridized carbons (Fsp3) is 0.737. The van der Waals surface area contributed by atoms with Gasteiger partial charge in [0.15, 0.2) is 5.78 Å². The lowest BCUT2D eigenvalue weighted by atomic mass is 9.91. The van der Waals surface area contributed by atoms with Crippen molar-refractivity contribution in [3.05, 3.63) is 21.9 Å². The van der Waals surface area contributed by atoms with Crippen LogP contribution >= 0.6 is 23.7 Å². The highest BCUT2D eigenvalue weighted by atomic mass is 35.5. The van der Waals surface area contributed by atoms with Crippen molar-refractivity contribution >= 4 is 29.5 Å². The maximum atomic E-state index is 12.7. The van der Waals surface area contributed by atoms with E-state index in [2.05, 4.69) is 52.5 Å². The van der Waals surface area contributed by atoms with Crippen LogP contribution < -0.4 is 0 Å². The van der Waals surface area contributed by atoms with Crippen LogP contribution in [0.4, 0.5) is 0 Å². The van der Waals surface area contributed by atoms with Gasteiger partial charge in [-0.1, -0.05) is 41.5 Å². The van der Waals surface area contributed by atoms with E-state index in [-0.39, 0.29) is 23.7 Å². The molecule has 0 aliphatic carbocycles. The van der Waals surface area contributed by atoms with Gasteiger partial charge in [0.25, 0.3) is 0 Å². The minimum absolute atomic E-state index is 0. The molecule has 1 aliphatic heterocycles. The molecule has 2 heterocycles. The van der Waals surface area contributed by atoms with Gasteiger partial charge in [0.05, 0.1) is 4.88 Å². The summed E-state index contributed by atoms with van der Waals surface area (Å²) in [5.41, 5.74) is 0.129. The van der Waals surface area contributed by atoms with Crippen LogP contribution in [0.3, 0.4) is 0 Å². The minimum Gasteiger partial charge on any atom is -0.302 e. The molecule has 0 amide bonds.